The van der Waals surface area contributed by atoms with E-state index in [0.717, 1.165) is 31.8 Å². The molecule has 0 N–H and O–H groups in total. The van der Waals surface area contributed by atoms with Gasteiger partial charge in [-0.05, 0) is 39.5 Å². The zero-order chi connectivity index (χ0) is 14.2. The minimum Gasteiger partial charge on any atom is -0.342 e. The van der Waals surface area contributed by atoms with E-state index in [1.807, 2.05) is 30.6 Å². The van der Waals surface area contributed by atoms with Crippen molar-refractivity contribution >= 4 is 11.8 Å². The van der Waals surface area contributed by atoms with Crippen molar-refractivity contribution in [1.29, 1.82) is 0 Å². The average Bonchev–Trinajstić information content (AvgIpc) is 2.71. The first-order valence-electron chi connectivity index (χ1n) is 7.38. The topological polar surface area (TPSA) is 40.6 Å². The molecule has 4 heteroatoms. The zero-order valence-electron chi connectivity index (χ0n) is 12.6. The maximum absolute atomic E-state index is 12.5. The maximum atomic E-state index is 12.5. The van der Waals surface area contributed by atoms with Crippen LogP contribution in [0.1, 0.15) is 47.0 Å². The Balaban J connectivity index is 1.96. The molecule has 0 aromatic rings. The summed E-state index contributed by atoms with van der Waals surface area (Å²) < 4.78 is 0. The second kappa shape index (κ2) is 5.14. The summed E-state index contributed by atoms with van der Waals surface area (Å²) in [6, 6.07) is 0. The molecule has 0 aliphatic carbocycles. The number of piperidine rings is 1. The van der Waals surface area contributed by atoms with E-state index in [9.17, 15) is 9.59 Å². The summed E-state index contributed by atoms with van der Waals surface area (Å²) in [5.41, 5.74) is -0.178. The normalized spacial score (nSPS) is 26.1. The smallest absolute Gasteiger partial charge is 0.227 e. The van der Waals surface area contributed by atoms with E-state index in [2.05, 4.69) is 6.92 Å². The van der Waals surface area contributed by atoms with Crippen LogP contribution in [0.3, 0.4) is 0 Å². The van der Waals surface area contributed by atoms with Crippen LogP contribution in [0.15, 0.2) is 0 Å². The Morgan fingerprint density at radius 2 is 1.79 bits per heavy atom. The van der Waals surface area contributed by atoms with Crippen molar-refractivity contribution in [3.8, 4) is 0 Å². The summed E-state index contributed by atoms with van der Waals surface area (Å²) in [6.07, 6.45) is 2.58. The van der Waals surface area contributed by atoms with Crippen molar-refractivity contribution in [3.63, 3.8) is 0 Å². The molecule has 0 bridgehead atoms. The Hall–Kier alpha value is -1.06. The highest BCUT2D eigenvalue weighted by Gasteiger charge is 2.41. The summed E-state index contributed by atoms with van der Waals surface area (Å²) in [7, 11) is 0. The van der Waals surface area contributed by atoms with Crippen LogP contribution in [0.2, 0.25) is 0 Å². The first-order chi connectivity index (χ1) is 8.79. The van der Waals surface area contributed by atoms with Crippen LogP contribution in [0.25, 0.3) is 0 Å². The van der Waals surface area contributed by atoms with Gasteiger partial charge >= 0.3 is 0 Å². The van der Waals surface area contributed by atoms with Crippen LogP contribution in [-0.2, 0) is 9.59 Å². The minimum absolute atomic E-state index is 0.122. The number of hydrogen-bond acceptors (Lipinski definition) is 2. The molecule has 19 heavy (non-hydrogen) atoms. The molecular formula is C15H26N2O2. The van der Waals surface area contributed by atoms with Gasteiger partial charge < -0.3 is 9.80 Å². The molecule has 2 fully saturated rings. The molecular weight excluding hydrogens is 240 g/mol. The lowest BCUT2D eigenvalue weighted by Gasteiger charge is -2.34. The number of hydrogen-bond donors (Lipinski definition) is 0. The Labute approximate surface area is 116 Å². The third-order valence-electron chi connectivity index (χ3n) is 4.38. The van der Waals surface area contributed by atoms with Gasteiger partial charge in [-0.1, -0.05) is 6.92 Å². The van der Waals surface area contributed by atoms with Crippen molar-refractivity contribution < 1.29 is 9.59 Å². The zero-order valence-corrected chi connectivity index (χ0v) is 12.6. The van der Waals surface area contributed by atoms with Crippen LogP contribution < -0.4 is 0 Å². The van der Waals surface area contributed by atoms with Gasteiger partial charge in [0.05, 0.1) is 5.92 Å². The molecule has 0 aromatic carbocycles. The predicted molar refractivity (Wildman–Crippen MR) is 74.6 cm³/mol. The third-order valence-corrected chi connectivity index (χ3v) is 4.38. The molecule has 0 saturated carbocycles. The summed E-state index contributed by atoms with van der Waals surface area (Å²) in [4.78, 5) is 28.3. The first-order valence-corrected chi connectivity index (χ1v) is 7.38. The fourth-order valence-corrected chi connectivity index (χ4v) is 3.01. The first kappa shape index (κ1) is 14.4. The molecule has 2 amide bonds. The number of likely N-dealkylation sites (tertiary alicyclic amines) is 2. The molecule has 2 aliphatic rings. The molecule has 0 aromatic heterocycles. The molecule has 2 aliphatic heterocycles. The van der Waals surface area contributed by atoms with Gasteiger partial charge in [-0.15, -0.1) is 0 Å². The van der Waals surface area contributed by atoms with E-state index in [4.69, 9.17) is 0 Å². The van der Waals surface area contributed by atoms with Crippen molar-refractivity contribution in [3.05, 3.63) is 0 Å². The predicted octanol–water partition coefficient (Wildman–Crippen LogP) is 1.89. The Kier molecular flexibility index (Phi) is 3.88. The molecule has 0 spiro atoms. The van der Waals surface area contributed by atoms with E-state index in [-0.39, 0.29) is 23.3 Å². The largest absolute Gasteiger partial charge is 0.342 e. The summed E-state index contributed by atoms with van der Waals surface area (Å²) in [6.45, 7) is 10.6. The average molecular weight is 266 g/mol. The van der Waals surface area contributed by atoms with Crippen molar-refractivity contribution in [2.45, 2.75) is 52.5 Å². The Morgan fingerprint density at radius 3 is 2.26 bits per heavy atom. The lowest BCUT2D eigenvalue weighted by Crippen LogP contribution is -2.45. The number of nitrogens with zero attached hydrogens (tertiary/aromatic N) is 2. The Morgan fingerprint density at radius 1 is 1.21 bits per heavy atom. The van der Waals surface area contributed by atoms with Crippen molar-refractivity contribution in [1.82, 2.24) is 9.80 Å². The van der Waals surface area contributed by atoms with E-state index in [1.54, 1.807) is 0 Å². The minimum atomic E-state index is -0.178. The van der Waals surface area contributed by atoms with Gasteiger partial charge in [0, 0.05) is 31.6 Å². The van der Waals surface area contributed by atoms with Crippen LogP contribution in [0, 0.1) is 11.8 Å². The van der Waals surface area contributed by atoms with E-state index < -0.39 is 0 Å². The monoisotopic (exact) mass is 266 g/mol. The van der Waals surface area contributed by atoms with E-state index in [0.29, 0.717) is 13.0 Å². The molecule has 2 saturated heterocycles. The molecule has 4 nitrogen and oxygen atoms in total. The lowest BCUT2D eigenvalue weighted by molar-refractivity contribution is -0.137. The fraction of sp³-hybridized carbons (Fsp3) is 0.867. The lowest BCUT2D eigenvalue weighted by atomic mass is 9.97. The summed E-state index contributed by atoms with van der Waals surface area (Å²) >= 11 is 0. The number of amides is 2. The molecule has 2 heterocycles. The van der Waals surface area contributed by atoms with Gasteiger partial charge in [0.15, 0.2) is 0 Å². The number of rotatable bonds is 1. The van der Waals surface area contributed by atoms with E-state index >= 15 is 0 Å². The summed E-state index contributed by atoms with van der Waals surface area (Å²) in [5.74, 6) is 0.906. The van der Waals surface area contributed by atoms with Crippen LogP contribution in [-0.4, -0.2) is 46.8 Å². The quantitative estimate of drug-likeness (QED) is 0.727. The van der Waals surface area contributed by atoms with Gasteiger partial charge in [-0.2, -0.15) is 0 Å². The SMILES string of the molecule is CC1CCN(C(=O)[C@H]2CC(=O)N(C(C)(C)C)C2)CC1. The van der Waals surface area contributed by atoms with Gasteiger partial charge in [-0.25, -0.2) is 0 Å². The summed E-state index contributed by atoms with van der Waals surface area (Å²) in [5, 5.41) is 0. The molecule has 1 atom stereocenters. The maximum Gasteiger partial charge on any atom is 0.227 e. The second-order valence-electron chi connectivity index (χ2n) is 7.08. The highest BCUT2D eigenvalue weighted by Crippen LogP contribution is 2.28. The number of carbonyl (C=O) groups is 2. The van der Waals surface area contributed by atoms with Crippen LogP contribution in [0.5, 0.6) is 0 Å². The van der Waals surface area contributed by atoms with Gasteiger partial charge in [0.2, 0.25) is 11.8 Å². The number of carbonyl (C=O) groups excluding carboxylic acids is 2. The molecule has 0 radical (unpaired) electrons. The second-order valence-corrected chi connectivity index (χ2v) is 7.08. The third kappa shape index (κ3) is 3.10. The van der Waals surface area contributed by atoms with Crippen LogP contribution in [0.4, 0.5) is 0 Å². The van der Waals surface area contributed by atoms with Crippen molar-refractivity contribution in [2.24, 2.45) is 11.8 Å². The molecule has 108 valence electrons. The standard InChI is InChI=1S/C15H26N2O2/c1-11-5-7-16(8-6-11)14(19)12-9-13(18)17(10-12)15(2,3)4/h11-12H,5-10H2,1-4H3/t12-/m0/s1. The van der Waals surface area contributed by atoms with Crippen molar-refractivity contribution in [2.75, 3.05) is 19.6 Å². The van der Waals surface area contributed by atoms with Gasteiger partial charge in [0.1, 0.15) is 0 Å². The van der Waals surface area contributed by atoms with E-state index in [1.165, 1.54) is 0 Å². The van der Waals surface area contributed by atoms with Gasteiger partial charge in [-0.3, -0.25) is 9.59 Å². The molecule has 0 unspecified atom stereocenters. The highest BCUT2D eigenvalue weighted by molar-refractivity contribution is 5.89. The van der Waals surface area contributed by atoms with Crippen LogP contribution >= 0.6 is 0 Å². The highest BCUT2D eigenvalue weighted by atomic mass is 16.2. The fourth-order valence-electron chi connectivity index (χ4n) is 3.01. The molecule has 2 rings (SSSR count). The van der Waals surface area contributed by atoms with Gasteiger partial charge in [0.25, 0.3) is 0 Å². The Bertz CT molecular complexity index is 365.